The van der Waals surface area contributed by atoms with Crippen LogP contribution in [0.15, 0.2) is 22.7 Å². The average Bonchev–Trinajstić information content (AvgIpc) is 2.42. The van der Waals surface area contributed by atoms with Gasteiger partial charge in [0, 0.05) is 5.02 Å². The maximum atomic E-state index is 11.8. The number of nitrogens with one attached hydrogen (secondary N) is 1. The summed E-state index contributed by atoms with van der Waals surface area (Å²) < 4.78 is 10.9. The number of ether oxygens (including phenoxy) is 2. The van der Waals surface area contributed by atoms with Crippen molar-refractivity contribution in [3.8, 4) is 5.75 Å². The third-order valence-electron chi connectivity index (χ3n) is 2.61. The molecule has 23 heavy (non-hydrogen) atoms. The van der Waals surface area contributed by atoms with Crippen molar-refractivity contribution in [2.45, 2.75) is 20.0 Å². The fraction of sp³-hybridized carbons (Fsp3) is 0.357. The van der Waals surface area contributed by atoms with Crippen LogP contribution in [0.2, 0.25) is 5.02 Å². The van der Waals surface area contributed by atoms with Crippen LogP contribution in [-0.4, -0.2) is 30.6 Å². The van der Waals surface area contributed by atoms with Crippen molar-refractivity contribution in [3.05, 3.63) is 27.7 Å². The van der Waals surface area contributed by atoms with Crippen LogP contribution in [0.1, 0.15) is 13.8 Å². The van der Waals surface area contributed by atoms with Gasteiger partial charge in [-0.25, -0.2) is 9.59 Å². The van der Waals surface area contributed by atoms with E-state index in [0.29, 0.717) is 15.2 Å². The van der Waals surface area contributed by atoms with Gasteiger partial charge in [0.15, 0.2) is 12.7 Å². The lowest BCUT2D eigenvalue weighted by Gasteiger charge is -2.20. The molecule has 9 heteroatoms. The van der Waals surface area contributed by atoms with Gasteiger partial charge in [-0.05, 0) is 40.0 Å². The average molecular weight is 408 g/mol. The van der Waals surface area contributed by atoms with Crippen LogP contribution in [0.5, 0.6) is 5.75 Å². The number of esters is 1. The number of carbonyl (C=O) groups excluding carboxylic acids is 3. The van der Waals surface area contributed by atoms with E-state index >= 15 is 0 Å². The van der Waals surface area contributed by atoms with Gasteiger partial charge < -0.3 is 15.2 Å². The Kier molecular flexibility index (Phi) is 7.31. The van der Waals surface area contributed by atoms with Crippen LogP contribution in [0.3, 0.4) is 0 Å². The van der Waals surface area contributed by atoms with E-state index in [4.69, 9.17) is 26.8 Å². The minimum absolute atomic E-state index is 0.347. The first-order chi connectivity index (χ1) is 10.7. The molecule has 0 aliphatic carbocycles. The minimum atomic E-state index is -1.15. The van der Waals surface area contributed by atoms with Crippen LogP contribution in [0, 0.1) is 5.92 Å². The van der Waals surface area contributed by atoms with Gasteiger partial charge in [0.25, 0.3) is 5.91 Å². The number of primary amides is 1. The monoisotopic (exact) mass is 406 g/mol. The number of nitrogens with two attached hydrogens (primary N) is 1. The SMILES string of the molecule is CC(C)[C@H](OC(=O)COc1ccc(Cl)cc1Br)C(=O)NC(N)=O. The number of halogens is 2. The third-order valence-corrected chi connectivity index (χ3v) is 3.46. The molecule has 3 N–H and O–H groups in total. The Morgan fingerprint density at radius 2 is 2.00 bits per heavy atom. The molecule has 1 atom stereocenters. The third kappa shape index (κ3) is 6.45. The molecule has 0 aliphatic heterocycles. The highest BCUT2D eigenvalue weighted by Gasteiger charge is 2.27. The summed E-state index contributed by atoms with van der Waals surface area (Å²) in [5.41, 5.74) is 4.87. The molecule has 0 fully saturated rings. The zero-order valence-electron chi connectivity index (χ0n) is 12.5. The molecule has 1 aromatic carbocycles. The first-order valence-corrected chi connectivity index (χ1v) is 7.75. The van der Waals surface area contributed by atoms with E-state index in [1.807, 2.05) is 5.32 Å². The summed E-state index contributed by atoms with van der Waals surface area (Å²) in [5.74, 6) is -1.49. The number of amides is 3. The van der Waals surface area contributed by atoms with Crippen LogP contribution >= 0.6 is 27.5 Å². The van der Waals surface area contributed by atoms with E-state index < -0.39 is 30.6 Å². The van der Waals surface area contributed by atoms with Crippen molar-refractivity contribution in [2.24, 2.45) is 11.7 Å². The summed E-state index contributed by atoms with van der Waals surface area (Å²) in [6.07, 6.45) is -1.15. The molecule has 0 aliphatic rings. The van der Waals surface area contributed by atoms with E-state index in [1.54, 1.807) is 32.0 Å². The Bertz CT molecular complexity index is 609. The maximum absolute atomic E-state index is 11.8. The predicted molar refractivity (Wildman–Crippen MR) is 87.1 cm³/mol. The zero-order chi connectivity index (χ0) is 17.6. The zero-order valence-corrected chi connectivity index (χ0v) is 14.8. The highest BCUT2D eigenvalue weighted by atomic mass is 79.9. The van der Waals surface area contributed by atoms with E-state index in [2.05, 4.69) is 15.9 Å². The molecule has 0 radical (unpaired) electrons. The number of hydrogen-bond acceptors (Lipinski definition) is 5. The molecule has 3 amide bonds. The Morgan fingerprint density at radius 3 is 2.52 bits per heavy atom. The van der Waals surface area contributed by atoms with Gasteiger partial charge in [-0.3, -0.25) is 10.1 Å². The summed E-state index contributed by atoms with van der Waals surface area (Å²) in [5, 5.41) is 2.39. The molecular weight excluding hydrogens is 392 g/mol. The van der Waals surface area contributed by atoms with Crippen molar-refractivity contribution in [2.75, 3.05) is 6.61 Å². The Labute approximate surface area is 146 Å². The largest absolute Gasteiger partial charge is 0.481 e. The number of rotatable bonds is 6. The second-order valence-electron chi connectivity index (χ2n) is 4.87. The smallest absolute Gasteiger partial charge is 0.344 e. The van der Waals surface area contributed by atoms with E-state index in [1.165, 1.54) is 0 Å². The summed E-state index contributed by atoms with van der Waals surface area (Å²) in [7, 11) is 0. The Hall–Kier alpha value is -1.80. The second-order valence-corrected chi connectivity index (χ2v) is 6.16. The Morgan fingerprint density at radius 1 is 1.35 bits per heavy atom. The maximum Gasteiger partial charge on any atom is 0.344 e. The first-order valence-electron chi connectivity index (χ1n) is 6.58. The molecular formula is C14H16BrClN2O5. The number of urea groups is 1. The van der Waals surface area contributed by atoms with Gasteiger partial charge in [0.1, 0.15) is 5.75 Å². The molecule has 0 unspecified atom stereocenters. The van der Waals surface area contributed by atoms with Crippen molar-refractivity contribution in [1.29, 1.82) is 0 Å². The quantitative estimate of drug-likeness (QED) is 0.703. The Balaban J connectivity index is 2.62. The van der Waals surface area contributed by atoms with Crippen LogP contribution in [0.25, 0.3) is 0 Å². The number of carbonyl (C=O) groups is 3. The standard InChI is InChI=1S/C14H16BrClN2O5/c1-7(2)12(13(20)18-14(17)21)23-11(19)6-22-10-4-3-8(16)5-9(10)15/h3-5,7,12H,6H2,1-2H3,(H3,17,18,20,21)/t12-/m0/s1. The topological polar surface area (TPSA) is 108 Å². The van der Waals surface area contributed by atoms with E-state index in [0.717, 1.165) is 0 Å². The number of hydrogen-bond donors (Lipinski definition) is 2. The van der Waals surface area contributed by atoms with Crippen LogP contribution < -0.4 is 15.8 Å². The van der Waals surface area contributed by atoms with Crippen LogP contribution in [0.4, 0.5) is 4.79 Å². The number of imide groups is 1. The fourth-order valence-electron chi connectivity index (χ4n) is 1.59. The lowest BCUT2D eigenvalue weighted by molar-refractivity contribution is -0.160. The van der Waals surface area contributed by atoms with Crippen molar-refractivity contribution >= 4 is 45.4 Å². The van der Waals surface area contributed by atoms with E-state index in [-0.39, 0.29) is 5.92 Å². The predicted octanol–water partition coefficient (Wildman–Crippen LogP) is 2.24. The van der Waals surface area contributed by atoms with Crippen LogP contribution in [-0.2, 0) is 14.3 Å². The molecule has 7 nitrogen and oxygen atoms in total. The lowest BCUT2D eigenvalue weighted by Crippen LogP contribution is -2.46. The molecule has 1 rings (SSSR count). The van der Waals surface area contributed by atoms with Gasteiger partial charge in [0.05, 0.1) is 4.47 Å². The molecule has 0 heterocycles. The summed E-state index contributed by atoms with van der Waals surface area (Å²) in [6, 6.07) is 3.78. The summed E-state index contributed by atoms with van der Waals surface area (Å²) in [4.78, 5) is 34.3. The molecule has 0 saturated heterocycles. The first kappa shape index (κ1) is 19.2. The molecule has 0 aromatic heterocycles. The fourth-order valence-corrected chi connectivity index (χ4v) is 2.39. The highest BCUT2D eigenvalue weighted by molar-refractivity contribution is 9.10. The van der Waals surface area contributed by atoms with Crippen molar-refractivity contribution < 1.29 is 23.9 Å². The lowest BCUT2D eigenvalue weighted by atomic mass is 10.1. The van der Waals surface area contributed by atoms with Gasteiger partial charge >= 0.3 is 12.0 Å². The molecule has 0 spiro atoms. The number of benzene rings is 1. The minimum Gasteiger partial charge on any atom is -0.481 e. The van der Waals surface area contributed by atoms with Crippen molar-refractivity contribution in [3.63, 3.8) is 0 Å². The van der Waals surface area contributed by atoms with Crippen molar-refractivity contribution in [1.82, 2.24) is 5.32 Å². The molecule has 0 saturated carbocycles. The highest BCUT2D eigenvalue weighted by Crippen LogP contribution is 2.27. The van der Waals surface area contributed by atoms with Gasteiger partial charge in [-0.1, -0.05) is 25.4 Å². The van der Waals surface area contributed by atoms with Gasteiger partial charge in [-0.15, -0.1) is 0 Å². The summed E-state index contributed by atoms with van der Waals surface area (Å²) in [6.45, 7) is 2.91. The summed E-state index contributed by atoms with van der Waals surface area (Å²) >= 11 is 9.04. The van der Waals surface area contributed by atoms with Gasteiger partial charge in [0.2, 0.25) is 0 Å². The van der Waals surface area contributed by atoms with E-state index in [9.17, 15) is 14.4 Å². The second kappa shape index (κ2) is 8.73. The molecule has 126 valence electrons. The molecule has 1 aromatic rings. The molecule has 0 bridgehead atoms. The van der Waals surface area contributed by atoms with Gasteiger partial charge in [-0.2, -0.15) is 0 Å². The normalized spacial score (nSPS) is 11.7.